The van der Waals surface area contributed by atoms with Crippen molar-refractivity contribution in [3.8, 4) is 34.6 Å². The van der Waals surface area contributed by atoms with Crippen LogP contribution in [0, 0.1) is 5.82 Å². The Kier molecular flexibility index (Phi) is 8.51. The number of hydrogen-bond acceptors (Lipinski definition) is 8. The van der Waals surface area contributed by atoms with E-state index in [1.165, 1.54) is 57.9 Å². The minimum atomic E-state index is -4.97. The molecular weight excluding hydrogens is 624 g/mol. The minimum Gasteiger partial charge on any atom is -0.497 e. The lowest BCUT2D eigenvalue weighted by Crippen LogP contribution is -2.32. The number of hydrogen-bond donors (Lipinski definition) is 1. The van der Waals surface area contributed by atoms with Gasteiger partial charge in [0.15, 0.2) is 23.1 Å². The van der Waals surface area contributed by atoms with Gasteiger partial charge < -0.3 is 24.3 Å². The van der Waals surface area contributed by atoms with Crippen molar-refractivity contribution < 1.29 is 41.3 Å². The maximum Gasteiger partial charge on any atom is 0.431 e. The standard InChI is InChI=1S/C30H21ClF4N4O6/c1-42-16-5-7-21(18(31)13-16)39-25(30(33,34)35)9-6-17(29(39)41)27(40)37-15-4-8-22(19(32)12-15)45-23-10-11-36-20-14-24(43-2)28(44-3)38-26(20)23/h4-14H,1-3H3,(H,37,40). The van der Waals surface area contributed by atoms with E-state index >= 15 is 4.39 Å². The van der Waals surface area contributed by atoms with Gasteiger partial charge in [-0.3, -0.25) is 19.1 Å². The molecule has 3 aromatic heterocycles. The van der Waals surface area contributed by atoms with Gasteiger partial charge in [0.2, 0.25) is 0 Å². The predicted molar refractivity (Wildman–Crippen MR) is 156 cm³/mol. The van der Waals surface area contributed by atoms with E-state index < -0.39 is 34.7 Å². The zero-order valence-corrected chi connectivity index (χ0v) is 24.3. The molecule has 0 fully saturated rings. The van der Waals surface area contributed by atoms with E-state index in [-0.39, 0.29) is 49.6 Å². The number of carbonyl (C=O) groups excluding carboxylic acids is 1. The van der Waals surface area contributed by atoms with Crippen molar-refractivity contribution in [2.45, 2.75) is 6.18 Å². The van der Waals surface area contributed by atoms with Crippen molar-refractivity contribution in [1.29, 1.82) is 0 Å². The van der Waals surface area contributed by atoms with Gasteiger partial charge in [0, 0.05) is 36.1 Å². The van der Waals surface area contributed by atoms with Crippen LogP contribution in [0.15, 0.2) is 71.7 Å². The fraction of sp³-hybridized carbons (Fsp3) is 0.133. The third kappa shape index (κ3) is 6.17. The number of fused-ring (bicyclic) bond motifs is 1. The average molecular weight is 645 g/mol. The number of amides is 1. The second kappa shape index (κ2) is 12.3. The zero-order valence-electron chi connectivity index (χ0n) is 23.5. The summed E-state index contributed by atoms with van der Waals surface area (Å²) < 4.78 is 78.2. The fourth-order valence-electron chi connectivity index (χ4n) is 4.33. The largest absolute Gasteiger partial charge is 0.497 e. The molecule has 0 saturated carbocycles. The molecule has 0 unspecified atom stereocenters. The van der Waals surface area contributed by atoms with E-state index in [0.29, 0.717) is 17.3 Å². The van der Waals surface area contributed by atoms with Crippen molar-refractivity contribution in [1.82, 2.24) is 14.5 Å². The Morgan fingerprint density at radius 3 is 2.33 bits per heavy atom. The summed E-state index contributed by atoms with van der Waals surface area (Å²) in [5, 5.41) is 2.09. The summed E-state index contributed by atoms with van der Waals surface area (Å²) in [6, 6.07) is 11.4. The van der Waals surface area contributed by atoms with Crippen LogP contribution in [-0.4, -0.2) is 41.8 Å². The van der Waals surface area contributed by atoms with Crippen LogP contribution in [0.1, 0.15) is 16.1 Å². The number of ether oxygens (including phenoxy) is 4. The molecule has 0 bridgehead atoms. The predicted octanol–water partition coefficient (Wildman–Crippen LogP) is 6.66. The molecule has 15 heteroatoms. The van der Waals surface area contributed by atoms with E-state index in [9.17, 15) is 22.8 Å². The highest BCUT2D eigenvalue weighted by Crippen LogP contribution is 2.36. The van der Waals surface area contributed by atoms with Gasteiger partial charge in [-0.15, -0.1) is 0 Å². The Hall–Kier alpha value is -5.37. The number of carbonyl (C=O) groups is 1. The van der Waals surface area contributed by atoms with Crippen LogP contribution in [0.3, 0.4) is 0 Å². The molecule has 0 aliphatic carbocycles. The average Bonchev–Trinajstić information content (AvgIpc) is 3.01. The molecule has 45 heavy (non-hydrogen) atoms. The Morgan fingerprint density at radius 1 is 0.911 bits per heavy atom. The van der Waals surface area contributed by atoms with Gasteiger partial charge in [-0.25, -0.2) is 9.37 Å². The first-order valence-electron chi connectivity index (χ1n) is 12.8. The SMILES string of the molecule is COc1ccc(-n2c(C(F)(F)F)ccc(C(=O)Nc3ccc(Oc4ccnc5cc(OC)c(OC)nc45)c(F)c3)c2=O)c(Cl)c1. The molecule has 0 aliphatic rings. The Labute approximate surface area is 256 Å². The molecule has 0 radical (unpaired) electrons. The number of aromatic nitrogens is 3. The fourth-order valence-corrected chi connectivity index (χ4v) is 4.59. The molecule has 0 aliphatic heterocycles. The molecule has 2 aromatic carbocycles. The quantitative estimate of drug-likeness (QED) is 0.187. The molecule has 1 amide bonds. The minimum absolute atomic E-state index is 0.109. The van der Waals surface area contributed by atoms with Gasteiger partial charge in [-0.1, -0.05) is 11.6 Å². The number of nitrogens with one attached hydrogen (secondary N) is 1. The topological polar surface area (TPSA) is 114 Å². The van der Waals surface area contributed by atoms with Crippen LogP contribution in [-0.2, 0) is 6.18 Å². The number of pyridine rings is 3. The van der Waals surface area contributed by atoms with Crippen molar-refractivity contribution in [3.05, 3.63) is 99.3 Å². The highest BCUT2D eigenvalue weighted by Gasteiger charge is 2.36. The number of benzene rings is 2. The van der Waals surface area contributed by atoms with Crippen LogP contribution in [0.4, 0.5) is 23.2 Å². The van der Waals surface area contributed by atoms with Gasteiger partial charge in [0.05, 0.1) is 37.6 Å². The number of anilines is 1. The molecule has 5 aromatic rings. The van der Waals surface area contributed by atoms with Crippen molar-refractivity contribution in [2.75, 3.05) is 26.6 Å². The van der Waals surface area contributed by atoms with Crippen molar-refractivity contribution in [2.24, 2.45) is 0 Å². The van der Waals surface area contributed by atoms with E-state index in [4.69, 9.17) is 30.5 Å². The molecule has 3 heterocycles. The normalized spacial score (nSPS) is 11.3. The number of alkyl halides is 3. The molecule has 232 valence electrons. The highest BCUT2D eigenvalue weighted by molar-refractivity contribution is 6.32. The second-order valence-electron chi connectivity index (χ2n) is 9.17. The molecular formula is C30H21ClF4N4O6. The second-order valence-corrected chi connectivity index (χ2v) is 9.57. The molecule has 10 nitrogen and oxygen atoms in total. The van der Waals surface area contributed by atoms with E-state index in [2.05, 4.69) is 15.3 Å². The third-order valence-electron chi connectivity index (χ3n) is 6.44. The van der Waals surface area contributed by atoms with Crippen LogP contribution < -0.4 is 29.8 Å². The lowest BCUT2D eigenvalue weighted by Gasteiger charge is -2.18. The molecule has 0 atom stereocenters. The van der Waals surface area contributed by atoms with Gasteiger partial charge in [-0.2, -0.15) is 13.2 Å². The lowest BCUT2D eigenvalue weighted by molar-refractivity contribution is -0.142. The number of rotatable bonds is 8. The van der Waals surface area contributed by atoms with Crippen molar-refractivity contribution in [3.63, 3.8) is 0 Å². The van der Waals surface area contributed by atoms with Gasteiger partial charge in [0.25, 0.3) is 17.3 Å². The Morgan fingerprint density at radius 2 is 1.69 bits per heavy atom. The van der Waals surface area contributed by atoms with E-state index in [1.54, 1.807) is 6.07 Å². The zero-order chi connectivity index (χ0) is 32.5. The van der Waals surface area contributed by atoms with Crippen LogP contribution in [0.2, 0.25) is 5.02 Å². The molecule has 0 spiro atoms. The van der Waals surface area contributed by atoms with Crippen LogP contribution >= 0.6 is 11.6 Å². The van der Waals surface area contributed by atoms with Crippen molar-refractivity contribution >= 4 is 34.2 Å². The number of methoxy groups -OCH3 is 3. The van der Waals surface area contributed by atoms with E-state index in [1.807, 2.05) is 0 Å². The third-order valence-corrected chi connectivity index (χ3v) is 6.75. The number of halogens is 5. The highest BCUT2D eigenvalue weighted by atomic mass is 35.5. The monoisotopic (exact) mass is 644 g/mol. The van der Waals surface area contributed by atoms with Crippen LogP contribution in [0.5, 0.6) is 28.9 Å². The summed E-state index contributed by atoms with van der Waals surface area (Å²) in [5.74, 6) is -1.39. The molecule has 0 saturated heterocycles. The maximum atomic E-state index is 15.1. The summed E-state index contributed by atoms with van der Waals surface area (Å²) in [6.45, 7) is 0. The first kappa shape index (κ1) is 31.1. The molecule has 5 rings (SSSR count). The summed E-state index contributed by atoms with van der Waals surface area (Å²) in [7, 11) is 4.16. The first-order chi connectivity index (χ1) is 21.4. The lowest BCUT2D eigenvalue weighted by atomic mass is 10.2. The summed E-state index contributed by atoms with van der Waals surface area (Å²) >= 11 is 6.17. The maximum absolute atomic E-state index is 15.1. The van der Waals surface area contributed by atoms with Gasteiger partial charge >= 0.3 is 6.18 Å². The summed E-state index contributed by atoms with van der Waals surface area (Å²) in [4.78, 5) is 34.9. The Balaban J connectivity index is 1.45. The molecule has 1 N–H and O–H groups in total. The summed E-state index contributed by atoms with van der Waals surface area (Å²) in [6.07, 6.45) is -3.54. The summed E-state index contributed by atoms with van der Waals surface area (Å²) in [5.41, 5.74) is -3.13. The first-order valence-corrected chi connectivity index (χ1v) is 13.2. The smallest absolute Gasteiger partial charge is 0.431 e. The van der Waals surface area contributed by atoms with Gasteiger partial charge in [-0.05, 0) is 36.4 Å². The number of nitrogens with zero attached hydrogens (tertiary/aromatic N) is 3. The Bertz CT molecular complexity index is 2000. The van der Waals surface area contributed by atoms with Crippen LogP contribution in [0.25, 0.3) is 16.7 Å². The van der Waals surface area contributed by atoms with E-state index in [0.717, 1.165) is 18.2 Å². The van der Waals surface area contributed by atoms with Gasteiger partial charge in [0.1, 0.15) is 22.5 Å².